The second-order valence-electron chi connectivity index (χ2n) is 7.55. The Bertz CT molecular complexity index is 1050. The van der Waals surface area contributed by atoms with Crippen molar-refractivity contribution in [2.45, 2.75) is 0 Å². The molecule has 1 aliphatic heterocycles. The second-order valence-corrected chi connectivity index (χ2v) is 7.55. The molecule has 9 heteroatoms. The van der Waals surface area contributed by atoms with E-state index < -0.39 is 5.82 Å². The molecule has 1 saturated heterocycles. The molecular formula is C23H27FN6O2. The van der Waals surface area contributed by atoms with E-state index in [1.165, 1.54) is 13.2 Å². The predicted octanol–water partition coefficient (Wildman–Crippen LogP) is 3.87. The van der Waals surface area contributed by atoms with E-state index in [0.29, 0.717) is 17.5 Å². The summed E-state index contributed by atoms with van der Waals surface area (Å²) in [5.41, 5.74) is 1.41. The summed E-state index contributed by atoms with van der Waals surface area (Å²) < 4.78 is 24.4. The highest BCUT2D eigenvalue weighted by atomic mass is 19.1. The third kappa shape index (κ3) is 5.17. The van der Waals surface area contributed by atoms with Crippen LogP contribution in [-0.2, 0) is 0 Å². The number of aromatic nitrogens is 2. The molecule has 0 atom stereocenters. The first-order valence-electron chi connectivity index (χ1n) is 10.4. The van der Waals surface area contributed by atoms with Crippen molar-refractivity contribution in [1.82, 2.24) is 14.9 Å². The number of methoxy groups -OCH3 is 2. The van der Waals surface area contributed by atoms with Crippen LogP contribution in [0, 0.1) is 5.82 Å². The van der Waals surface area contributed by atoms with Crippen LogP contribution in [0.1, 0.15) is 0 Å². The van der Waals surface area contributed by atoms with E-state index in [-0.39, 0.29) is 5.75 Å². The molecule has 4 rings (SSSR count). The first-order chi connectivity index (χ1) is 15.5. The number of rotatable bonds is 7. The summed E-state index contributed by atoms with van der Waals surface area (Å²) >= 11 is 0. The number of piperazine rings is 1. The molecule has 0 spiro atoms. The van der Waals surface area contributed by atoms with Crippen molar-refractivity contribution in [1.29, 1.82) is 0 Å². The standard InChI is InChI=1S/C23H27FN6O2/c1-29-10-12-30(13-11-29)22-15-21(25-17-6-9-20(32-3)19(24)14-17)27-23(28-22)26-16-4-7-18(31-2)8-5-16/h4-9,14-15H,10-13H2,1-3H3,(H2,25,26,27,28). The quantitative estimate of drug-likeness (QED) is 0.576. The lowest BCUT2D eigenvalue weighted by molar-refractivity contribution is 0.312. The molecule has 0 radical (unpaired) electrons. The maximum absolute atomic E-state index is 14.2. The SMILES string of the molecule is COc1ccc(Nc2nc(Nc3ccc(OC)c(F)c3)cc(N3CCN(C)CC3)n2)cc1. The number of nitrogens with one attached hydrogen (secondary N) is 2. The molecule has 0 amide bonds. The summed E-state index contributed by atoms with van der Waals surface area (Å²) in [5, 5.41) is 6.44. The average molecular weight is 439 g/mol. The molecule has 0 saturated carbocycles. The van der Waals surface area contributed by atoms with Gasteiger partial charge in [-0.25, -0.2) is 4.39 Å². The Morgan fingerprint density at radius 2 is 1.56 bits per heavy atom. The van der Waals surface area contributed by atoms with Crippen LogP contribution in [0.15, 0.2) is 48.5 Å². The van der Waals surface area contributed by atoms with Gasteiger partial charge in [0.15, 0.2) is 11.6 Å². The van der Waals surface area contributed by atoms with Gasteiger partial charge in [0.05, 0.1) is 14.2 Å². The summed E-state index contributed by atoms with van der Waals surface area (Å²) in [6.07, 6.45) is 0. The third-order valence-corrected chi connectivity index (χ3v) is 5.31. The maximum atomic E-state index is 14.2. The van der Waals surface area contributed by atoms with E-state index in [1.807, 2.05) is 30.3 Å². The minimum absolute atomic E-state index is 0.193. The zero-order chi connectivity index (χ0) is 22.5. The van der Waals surface area contributed by atoms with Crippen LogP contribution in [-0.4, -0.2) is 62.3 Å². The smallest absolute Gasteiger partial charge is 0.231 e. The molecule has 2 N–H and O–H groups in total. The summed E-state index contributed by atoms with van der Waals surface area (Å²) in [7, 11) is 5.18. The monoisotopic (exact) mass is 438 g/mol. The summed E-state index contributed by atoms with van der Waals surface area (Å²) in [6.45, 7) is 3.65. The molecule has 1 fully saturated rings. The molecule has 0 unspecified atom stereocenters. The Hall–Kier alpha value is -3.59. The van der Waals surface area contributed by atoms with Crippen LogP contribution < -0.4 is 25.0 Å². The van der Waals surface area contributed by atoms with Crippen molar-refractivity contribution in [3.63, 3.8) is 0 Å². The molecule has 0 bridgehead atoms. The third-order valence-electron chi connectivity index (χ3n) is 5.31. The lowest BCUT2D eigenvalue weighted by Gasteiger charge is -2.33. The topological polar surface area (TPSA) is 74.8 Å². The number of hydrogen-bond acceptors (Lipinski definition) is 8. The van der Waals surface area contributed by atoms with Crippen LogP contribution in [0.3, 0.4) is 0 Å². The Balaban J connectivity index is 1.62. The Labute approximate surface area is 187 Å². The Kier molecular flexibility index (Phi) is 6.55. The van der Waals surface area contributed by atoms with Gasteiger partial charge >= 0.3 is 0 Å². The molecule has 3 aromatic rings. The van der Waals surface area contributed by atoms with Crippen LogP contribution in [0.5, 0.6) is 11.5 Å². The number of anilines is 5. The lowest BCUT2D eigenvalue weighted by Crippen LogP contribution is -2.44. The van der Waals surface area contributed by atoms with Crippen LogP contribution >= 0.6 is 0 Å². The molecule has 32 heavy (non-hydrogen) atoms. The number of nitrogens with zero attached hydrogens (tertiary/aromatic N) is 4. The number of hydrogen-bond donors (Lipinski definition) is 2. The molecule has 1 aromatic heterocycles. The molecule has 0 aliphatic carbocycles. The molecular weight excluding hydrogens is 411 g/mol. The zero-order valence-electron chi connectivity index (χ0n) is 18.4. The fraction of sp³-hybridized carbons (Fsp3) is 0.304. The van der Waals surface area contributed by atoms with Gasteiger partial charge in [-0.3, -0.25) is 0 Å². The molecule has 8 nitrogen and oxygen atoms in total. The normalized spacial score (nSPS) is 14.2. The largest absolute Gasteiger partial charge is 0.497 e. The van der Waals surface area contributed by atoms with Crippen molar-refractivity contribution in [2.75, 3.05) is 63.0 Å². The zero-order valence-corrected chi connectivity index (χ0v) is 18.4. The second kappa shape index (κ2) is 9.69. The van der Waals surface area contributed by atoms with Gasteiger partial charge < -0.3 is 29.9 Å². The first kappa shape index (κ1) is 21.6. The van der Waals surface area contributed by atoms with Crippen molar-refractivity contribution < 1.29 is 13.9 Å². The minimum Gasteiger partial charge on any atom is -0.497 e. The van der Waals surface area contributed by atoms with Gasteiger partial charge in [0.2, 0.25) is 5.95 Å². The highest BCUT2D eigenvalue weighted by Gasteiger charge is 2.18. The van der Waals surface area contributed by atoms with E-state index in [4.69, 9.17) is 14.5 Å². The van der Waals surface area contributed by atoms with Gasteiger partial charge in [0, 0.05) is 49.7 Å². The average Bonchev–Trinajstić information content (AvgIpc) is 2.80. The molecule has 2 heterocycles. The van der Waals surface area contributed by atoms with Crippen molar-refractivity contribution in [2.24, 2.45) is 0 Å². The summed E-state index contributed by atoms with van der Waals surface area (Å²) in [6, 6.07) is 14.1. The number of ether oxygens (including phenoxy) is 2. The van der Waals surface area contributed by atoms with E-state index in [9.17, 15) is 4.39 Å². The lowest BCUT2D eigenvalue weighted by atomic mass is 10.3. The van der Waals surface area contributed by atoms with Gasteiger partial charge in [-0.05, 0) is 43.4 Å². The number of benzene rings is 2. The molecule has 1 aliphatic rings. The van der Waals surface area contributed by atoms with Gasteiger partial charge in [0.25, 0.3) is 0 Å². The van der Waals surface area contributed by atoms with Crippen LogP contribution in [0.2, 0.25) is 0 Å². The van der Waals surface area contributed by atoms with Crippen molar-refractivity contribution in [3.05, 3.63) is 54.3 Å². The van der Waals surface area contributed by atoms with Crippen LogP contribution in [0.25, 0.3) is 0 Å². The molecule has 2 aromatic carbocycles. The fourth-order valence-corrected chi connectivity index (χ4v) is 3.45. The summed E-state index contributed by atoms with van der Waals surface area (Å²) in [4.78, 5) is 13.8. The fourth-order valence-electron chi connectivity index (χ4n) is 3.45. The van der Waals surface area contributed by atoms with E-state index in [1.54, 1.807) is 19.2 Å². The van der Waals surface area contributed by atoms with Crippen LogP contribution in [0.4, 0.5) is 33.3 Å². The highest BCUT2D eigenvalue weighted by Crippen LogP contribution is 2.27. The predicted molar refractivity (Wildman–Crippen MR) is 124 cm³/mol. The van der Waals surface area contributed by atoms with Gasteiger partial charge in [-0.1, -0.05) is 0 Å². The van der Waals surface area contributed by atoms with Crippen molar-refractivity contribution in [3.8, 4) is 11.5 Å². The van der Waals surface area contributed by atoms with Gasteiger partial charge in [-0.2, -0.15) is 9.97 Å². The van der Waals surface area contributed by atoms with Crippen molar-refractivity contribution >= 4 is 29.0 Å². The maximum Gasteiger partial charge on any atom is 0.231 e. The number of likely N-dealkylation sites (N-methyl/N-ethyl adjacent to an activating group) is 1. The molecule has 168 valence electrons. The number of halogens is 1. The highest BCUT2D eigenvalue weighted by molar-refractivity contribution is 5.65. The minimum atomic E-state index is -0.442. The van der Waals surface area contributed by atoms with E-state index >= 15 is 0 Å². The van der Waals surface area contributed by atoms with Gasteiger partial charge in [0.1, 0.15) is 17.4 Å². The van der Waals surface area contributed by atoms with Gasteiger partial charge in [-0.15, -0.1) is 0 Å². The van der Waals surface area contributed by atoms with E-state index in [2.05, 4.69) is 32.5 Å². The Morgan fingerprint density at radius 3 is 2.22 bits per heavy atom. The first-order valence-corrected chi connectivity index (χ1v) is 10.4. The van der Waals surface area contributed by atoms with E-state index in [0.717, 1.165) is 43.4 Å². The Morgan fingerprint density at radius 1 is 0.844 bits per heavy atom. The summed E-state index contributed by atoms with van der Waals surface area (Å²) in [5.74, 6) is 2.34.